The van der Waals surface area contributed by atoms with Crippen LogP contribution in [0.3, 0.4) is 0 Å². The summed E-state index contributed by atoms with van der Waals surface area (Å²) in [5.41, 5.74) is 3.63. The number of rotatable bonds is 4. The molecule has 1 saturated heterocycles. The SMILES string of the molecule is Cc1cc(C(=O)N2CCCCC2C)ccc1NCc1cc(=O)n2cc(Cl)ccc2n1. The Kier molecular flexibility index (Phi) is 5.77. The molecule has 1 N–H and O–H groups in total. The van der Waals surface area contributed by atoms with Crippen molar-refractivity contribution >= 4 is 28.8 Å². The molecule has 0 radical (unpaired) electrons. The Hall–Kier alpha value is -2.86. The number of nitrogens with zero attached hydrogens (tertiary/aromatic N) is 3. The standard InChI is InChI=1S/C23H25ClN4O2/c1-15-11-17(23(30)27-10-4-3-5-16(27)2)6-8-20(15)25-13-19-12-22(29)28-14-18(24)7-9-21(28)26-19/h6-9,11-12,14,16,25H,3-5,10,13H2,1-2H3. The number of likely N-dealkylation sites (tertiary alicyclic amines) is 1. The second-order valence-electron chi connectivity index (χ2n) is 7.89. The molecule has 0 saturated carbocycles. The molecule has 6 nitrogen and oxygen atoms in total. The van der Waals surface area contributed by atoms with Crippen molar-refractivity contribution in [1.29, 1.82) is 0 Å². The maximum atomic E-state index is 12.9. The first-order chi connectivity index (χ1) is 14.4. The zero-order valence-electron chi connectivity index (χ0n) is 17.2. The van der Waals surface area contributed by atoms with E-state index in [1.54, 1.807) is 18.3 Å². The average Bonchev–Trinajstić information content (AvgIpc) is 2.73. The third kappa shape index (κ3) is 4.19. The predicted molar refractivity (Wildman–Crippen MR) is 119 cm³/mol. The lowest BCUT2D eigenvalue weighted by atomic mass is 10.0. The van der Waals surface area contributed by atoms with Crippen LogP contribution >= 0.6 is 11.6 Å². The fraction of sp³-hybridized carbons (Fsp3) is 0.348. The maximum Gasteiger partial charge on any atom is 0.258 e. The van der Waals surface area contributed by atoms with Crippen LogP contribution in [-0.4, -0.2) is 32.8 Å². The Morgan fingerprint density at radius 3 is 2.83 bits per heavy atom. The van der Waals surface area contributed by atoms with Gasteiger partial charge < -0.3 is 10.2 Å². The lowest BCUT2D eigenvalue weighted by Gasteiger charge is -2.33. The Labute approximate surface area is 180 Å². The van der Waals surface area contributed by atoms with Gasteiger partial charge in [-0.2, -0.15) is 0 Å². The van der Waals surface area contributed by atoms with E-state index in [4.69, 9.17) is 11.6 Å². The minimum absolute atomic E-state index is 0.0970. The third-order valence-electron chi connectivity index (χ3n) is 5.67. The van der Waals surface area contributed by atoms with Gasteiger partial charge in [0.05, 0.1) is 17.3 Å². The summed E-state index contributed by atoms with van der Waals surface area (Å²) in [5.74, 6) is 0.0970. The summed E-state index contributed by atoms with van der Waals surface area (Å²) in [4.78, 5) is 31.7. The van der Waals surface area contributed by atoms with Gasteiger partial charge in [0.1, 0.15) is 5.65 Å². The van der Waals surface area contributed by atoms with Crippen molar-refractivity contribution in [3.63, 3.8) is 0 Å². The highest BCUT2D eigenvalue weighted by atomic mass is 35.5. The van der Waals surface area contributed by atoms with E-state index in [-0.39, 0.29) is 17.5 Å². The van der Waals surface area contributed by atoms with Crippen molar-refractivity contribution in [2.75, 3.05) is 11.9 Å². The molecule has 4 rings (SSSR count). The summed E-state index contributed by atoms with van der Waals surface area (Å²) in [5, 5.41) is 3.81. The molecule has 3 heterocycles. The molecular formula is C23H25ClN4O2. The highest BCUT2D eigenvalue weighted by Gasteiger charge is 2.24. The molecule has 0 spiro atoms. The number of pyridine rings is 1. The van der Waals surface area contributed by atoms with Crippen LogP contribution in [0.4, 0.5) is 5.69 Å². The Morgan fingerprint density at radius 2 is 2.07 bits per heavy atom. The van der Waals surface area contributed by atoms with Crippen molar-refractivity contribution in [3.8, 4) is 0 Å². The minimum Gasteiger partial charge on any atom is -0.379 e. The second-order valence-corrected chi connectivity index (χ2v) is 8.32. The lowest BCUT2D eigenvalue weighted by Crippen LogP contribution is -2.42. The van der Waals surface area contributed by atoms with Crippen LogP contribution < -0.4 is 10.9 Å². The number of hydrogen-bond acceptors (Lipinski definition) is 4. The van der Waals surface area contributed by atoms with Crippen LogP contribution in [0.1, 0.15) is 47.8 Å². The van der Waals surface area contributed by atoms with Crippen molar-refractivity contribution in [1.82, 2.24) is 14.3 Å². The molecule has 30 heavy (non-hydrogen) atoms. The number of aromatic nitrogens is 2. The van der Waals surface area contributed by atoms with E-state index in [1.807, 2.05) is 30.0 Å². The number of nitrogens with one attached hydrogen (secondary N) is 1. The van der Waals surface area contributed by atoms with Crippen LogP contribution in [0.5, 0.6) is 0 Å². The van der Waals surface area contributed by atoms with Gasteiger partial charge in [-0.25, -0.2) is 4.98 Å². The van der Waals surface area contributed by atoms with E-state index in [0.717, 1.165) is 30.6 Å². The third-order valence-corrected chi connectivity index (χ3v) is 5.90. The van der Waals surface area contributed by atoms with E-state index in [0.29, 0.717) is 28.5 Å². The smallest absolute Gasteiger partial charge is 0.258 e. The van der Waals surface area contributed by atoms with E-state index in [2.05, 4.69) is 17.2 Å². The molecule has 3 aromatic rings. The van der Waals surface area contributed by atoms with Crippen molar-refractivity contribution in [3.05, 3.63) is 74.8 Å². The predicted octanol–water partition coefficient (Wildman–Crippen LogP) is 4.28. The topological polar surface area (TPSA) is 66.7 Å². The van der Waals surface area contributed by atoms with Gasteiger partial charge >= 0.3 is 0 Å². The van der Waals surface area contributed by atoms with Gasteiger partial charge in [-0.15, -0.1) is 0 Å². The summed E-state index contributed by atoms with van der Waals surface area (Å²) < 4.78 is 1.43. The Bertz CT molecular complexity index is 1160. The Morgan fingerprint density at radius 1 is 1.23 bits per heavy atom. The lowest BCUT2D eigenvalue weighted by molar-refractivity contribution is 0.0635. The molecule has 1 atom stereocenters. The summed E-state index contributed by atoms with van der Waals surface area (Å²) in [6, 6.07) is 10.9. The van der Waals surface area contributed by atoms with Crippen LogP contribution in [0.2, 0.25) is 5.02 Å². The molecule has 1 aromatic carbocycles. The molecule has 0 bridgehead atoms. The quantitative estimate of drug-likeness (QED) is 0.678. The van der Waals surface area contributed by atoms with E-state index >= 15 is 0 Å². The fourth-order valence-corrected chi connectivity index (χ4v) is 4.12. The number of piperidine rings is 1. The van der Waals surface area contributed by atoms with E-state index < -0.39 is 0 Å². The first kappa shape index (κ1) is 20.4. The number of halogens is 1. The summed E-state index contributed by atoms with van der Waals surface area (Å²) in [7, 11) is 0. The first-order valence-electron chi connectivity index (χ1n) is 10.3. The molecule has 0 aliphatic carbocycles. The Balaban J connectivity index is 1.49. The molecule has 1 aliphatic heterocycles. The molecule has 1 aliphatic rings. The van der Waals surface area contributed by atoms with Gasteiger partial charge in [0.25, 0.3) is 11.5 Å². The van der Waals surface area contributed by atoms with Crippen molar-refractivity contribution in [2.24, 2.45) is 0 Å². The number of anilines is 1. The molecule has 2 aromatic heterocycles. The van der Waals surface area contributed by atoms with Gasteiger partial charge in [0.2, 0.25) is 0 Å². The highest BCUT2D eigenvalue weighted by Crippen LogP contribution is 2.22. The summed E-state index contributed by atoms with van der Waals surface area (Å²) in [6.45, 7) is 5.33. The number of amides is 1. The molecule has 1 fully saturated rings. The van der Waals surface area contributed by atoms with Crippen LogP contribution in [0.25, 0.3) is 5.65 Å². The fourth-order valence-electron chi connectivity index (χ4n) is 3.96. The van der Waals surface area contributed by atoms with Crippen LogP contribution in [0, 0.1) is 6.92 Å². The molecule has 1 amide bonds. The molecule has 7 heteroatoms. The van der Waals surface area contributed by atoms with Crippen molar-refractivity contribution < 1.29 is 4.79 Å². The largest absolute Gasteiger partial charge is 0.379 e. The highest BCUT2D eigenvalue weighted by molar-refractivity contribution is 6.30. The molecule has 156 valence electrons. The van der Waals surface area contributed by atoms with Crippen molar-refractivity contribution in [2.45, 2.75) is 45.7 Å². The zero-order chi connectivity index (χ0) is 21.3. The minimum atomic E-state index is -0.174. The number of hydrogen-bond donors (Lipinski definition) is 1. The van der Waals surface area contributed by atoms with Gasteiger partial charge in [0.15, 0.2) is 0 Å². The number of carbonyl (C=O) groups excluding carboxylic acids is 1. The number of carbonyl (C=O) groups is 1. The monoisotopic (exact) mass is 424 g/mol. The number of fused-ring (bicyclic) bond motifs is 1. The number of aryl methyl sites for hydroxylation is 1. The van der Waals surface area contributed by atoms with Gasteiger partial charge in [-0.1, -0.05) is 11.6 Å². The summed E-state index contributed by atoms with van der Waals surface area (Å²) in [6.07, 6.45) is 4.88. The van der Waals surface area contributed by atoms with Crippen LogP contribution in [0.15, 0.2) is 47.4 Å². The molecular weight excluding hydrogens is 400 g/mol. The van der Waals surface area contributed by atoms with Gasteiger partial charge in [-0.3, -0.25) is 14.0 Å². The summed E-state index contributed by atoms with van der Waals surface area (Å²) >= 11 is 5.95. The zero-order valence-corrected chi connectivity index (χ0v) is 17.9. The first-order valence-corrected chi connectivity index (χ1v) is 10.6. The normalized spacial score (nSPS) is 16.6. The van der Waals surface area contributed by atoms with Gasteiger partial charge in [-0.05, 0) is 69.0 Å². The van der Waals surface area contributed by atoms with Crippen LogP contribution in [-0.2, 0) is 6.54 Å². The second kappa shape index (κ2) is 8.48. The van der Waals surface area contributed by atoms with Gasteiger partial charge in [0, 0.05) is 36.1 Å². The average molecular weight is 425 g/mol. The van der Waals surface area contributed by atoms with E-state index in [9.17, 15) is 9.59 Å². The number of benzene rings is 1. The molecule has 1 unspecified atom stereocenters. The maximum absolute atomic E-state index is 12.9. The van der Waals surface area contributed by atoms with E-state index in [1.165, 1.54) is 16.9 Å².